The number of aliphatic hydroxyl groups excluding tert-OH is 1. The minimum Gasteiger partial charge on any atom is -0.394 e. The number of ether oxygens (including phenoxy) is 1. The van der Waals surface area contributed by atoms with Crippen LogP contribution in [0.4, 0.5) is 0 Å². The molecule has 1 saturated heterocycles. The molecule has 1 aliphatic heterocycles. The van der Waals surface area contributed by atoms with E-state index in [1.54, 1.807) is 0 Å². The van der Waals surface area contributed by atoms with E-state index >= 15 is 0 Å². The summed E-state index contributed by atoms with van der Waals surface area (Å²) < 4.78 is 5.34. The topological polar surface area (TPSA) is 58.6 Å². The highest BCUT2D eigenvalue weighted by atomic mass is 16.5. The maximum atomic E-state index is 12.5. The van der Waals surface area contributed by atoms with Crippen LogP contribution >= 0.6 is 0 Å². The Labute approximate surface area is 123 Å². The Balaban J connectivity index is 1.48. The lowest BCUT2D eigenvalue weighted by molar-refractivity contribution is -0.119. The molecule has 0 spiro atoms. The molecule has 110 valence electrons. The van der Waals surface area contributed by atoms with Gasteiger partial charge in [-0.05, 0) is 59.6 Å². The molecule has 4 heteroatoms. The van der Waals surface area contributed by atoms with Crippen LogP contribution < -0.4 is 5.32 Å². The number of hydrogen-bond acceptors (Lipinski definition) is 3. The van der Waals surface area contributed by atoms with Gasteiger partial charge >= 0.3 is 0 Å². The highest BCUT2D eigenvalue weighted by molar-refractivity contribution is 6.02. The molecule has 0 aromatic heterocycles. The van der Waals surface area contributed by atoms with E-state index in [1.807, 2.05) is 12.2 Å². The summed E-state index contributed by atoms with van der Waals surface area (Å²) in [4.78, 5) is 12.5. The van der Waals surface area contributed by atoms with Crippen LogP contribution in [0, 0.1) is 5.92 Å². The molecule has 4 nitrogen and oxygen atoms in total. The van der Waals surface area contributed by atoms with Crippen molar-refractivity contribution in [3.8, 4) is 0 Å². The molecular weight excluding hydrogens is 266 g/mol. The van der Waals surface area contributed by atoms with Crippen LogP contribution in [0.3, 0.4) is 0 Å². The third kappa shape index (κ3) is 2.19. The Morgan fingerprint density at radius 2 is 2.14 bits per heavy atom. The minimum absolute atomic E-state index is 0.0161. The smallest absolute Gasteiger partial charge is 0.252 e. The van der Waals surface area contributed by atoms with Gasteiger partial charge in [-0.3, -0.25) is 4.79 Å². The van der Waals surface area contributed by atoms with Crippen LogP contribution in [0.2, 0.25) is 0 Å². The summed E-state index contributed by atoms with van der Waals surface area (Å²) in [6.07, 6.45) is 8.94. The van der Waals surface area contributed by atoms with Gasteiger partial charge in [0.1, 0.15) is 0 Å². The Kier molecular flexibility index (Phi) is 3.08. The van der Waals surface area contributed by atoms with Gasteiger partial charge < -0.3 is 15.2 Å². The van der Waals surface area contributed by atoms with Gasteiger partial charge in [-0.25, -0.2) is 0 Å². The Morgan fingerprint density at radius 1 is 1.33 bits per heavy atom. The van der Waals surface area contributed by atoms with Crippen molar-refractivity contribution in [3.63, 3.8) is 0 Å². The van der Waals surface area contributed by atoms with Crippen molar-refractivity contribution in [1.29, 1.82) is 0 Å². The SMILES string of the molecule is O=C(N[C@@H](CO)C1CCOCC1)C1=C2C=C3CC3=C2C=C1. The molecule has 4 rings (SSSR count). The normalized spacial score (nSPS) is 24.9. The van der Waals surface area contributed by atoms with E-state index in [9.17, 15) is 9.90 Å². The first-order chi connectivity index (χ1) is 10.3. The predicted molar refractivity (Wildman–Crippen MR) is 78.5 cm³/mol. The fourth-order valence-electron chi connectivity index (χ4n) is 3.51. The largest absolute Gasteiger partial charge is 0.394 e. The molecule has 21 heavy (non-hydrogen) atoms. The van der Waals surface area contributed by atoms with Crippen molar-refractivity contribution in [2.24, 2.45) is 5.92 Å². The monoisotopic (exact) mass is 285 g/mol. The Hall–Kier alpha value is -1.65. The van der Waals surface area contributed by atoms with E-state index in [4.69, 9.17) is 4.74 Å². The number of nitrogens with one attached hydrogen (secondary N) is 1. The number of aliphatic hydroxyl groups is 1. The fraction of sp³-hybridized carbons (Fsp3) is 0.471. The van der Waals surface area contributed by atoms with Crippen LogP contribution in [0.1, 0.15) is 19.3 Å². The highest BCUT2D eigenvalue weighted by Crippen LogP contribution is 2.51. The number of carbonyl (C=O) groups excluding carboxylic acids is 1. The summed E-state index contributed by atoms with van der Waals surface area (Å²) in [5.41, 5.74) is 5.79. The molecule has 0 aromatic carbocycles. The predicted octanol–water partition coefficient (Wildman–Crippen LogP) is 1.40. The summed E-state index contributed by atoms with van der Waals surface area (Å²) in [7, 11) is 0. The first-order valence-corrected chi connectivity index (χ1v) is 7.64. The number of rotatable bonds is 4. The zero-order chi connectivity index (χ0) is 14.4. The van der Waals surface area contributed by atoms with Crippen molar-refractivity contribution < 1.29 is 14.6 Å². The van der Waals surface area contributed by atoms with Gasteiger partial charge in [0, 0.05) is 18.8 Å². The second kappa shape index (κ2) is 4.97. The molecule has 2 fully saturated rings. The third-order valence-corrected chi connectivity index (χ3v) is 4.86. The average Bonchev–Trinajstić information content (AvgIpc) is 3.00. The first-order valence-electron chi connectivity index (χ1n) is 7.64. The van der Waals surface area contributed by atoms with Gasteiger partial charge in [0.05, 0.1) is 12.6 Å². The van der Waals surface area contributed by atoms with Gasteiger partial charge in [-0.2, -0.15) is 0 Å². The lowest BCUT2D eigenvalue weighted by atomic mass is 9.92. The summed E-state index contributed by atoms with van der Waals surface area (Å²) in [5, 5.41) is 12.6. The van der Waals surface area contributed by atoms with E-state index in [2.05, 4.69) is 11.4 Å². The quantitative estimate of drug-likeness (QED) is 0.821. The number of amides is 1. The zero-order valence-electron chi connectivity index (χ0n) is 11.9. The molecule has 0 aromatic rings. The molecule has 0 bridgehead atoms. The van der Waals surface area contributed by atoms with Crippen LogP contribution in [0.15, 0.2) is 46.1 Å². The van der Waals surface area contributed by atoms with Crippen LogP contribution in [0.5, 0.6) is 0 Å². The molecular formula is C17H19NO3. The van der Waals surface area contributed by atoms with Crippen molar-refractivity contribution in [2.75, 3.05) is 19.8 Å². The van der Waals surface area contributed by atoms with Crippen molar-refractivity contribution in [2.45, 2.75) is 25.3 Å². The van der Waals surface area contributed by atoms with Crippen LogP contribution in [-0.4, -0.2) is 36.9 Å². The van der Waals surface area contributed by atoms with E-state index < -0.39 is 0 Å². The second-order valence-electron chi connectivity index (χ2n) is 6.11. The summed E-state index contributed by atoms with van der Waals surface area (Å²) in [5.74, 6) is 0.234. The van der Waals surface area contributed by atoms with E-state index in [1.165, 1.54) is 16.7 Å². The fourth-order valence-corrected chi connectivity index (χ4v) is 3.51. The van der Waals surface area contributed by atoms with Crippen LogP contribution in [-0.2, 0) is 9.53 Å². The Bertz CT molecular complexity index is 618. The van der Waals surface area contributed by atoms with Crippen molar-refractivity contribution in [1.82, 2.24) is 5.32 Å². The number of hydrogen-bond donors (Lipinski definition) is 2. The van der Waals surface area contributed by atoms with Crippen molar-refractivity contribution >= 4 is 5.91 Å². The third-order valence-electron chi connectivity index (χ3n) is 4.86. The van der Waals surface area contributed by atoms with Gasteiger partial charge in [0.25, 0.3) is 5.91 Å². The lowest BCUT2D eigenvalue weighted by Gasteiger charge is -2.29. The molecule has 3 aliphatic carbocycles. The van der Waals surface area contributed by atoms with Crippen LogP contribution in [0.25, 0.3) is 0 Å². The summed E-state index contributed by atoms with van der Waals surface area (Å²) in [6, 6.07) is -0.178. The molecule has 0 unspecified atom stereocenters. The highest BCUT2D eigenvalue weighted by Gasteiger charge is 2.36. The summed E-state index contributed by atoms with van der Waals surface area (Å²) >= 11 is 0. The zero-order valence-corrected chi connectivity index (χ0v) is 11.9. The van der Waals surface area contributed by atoms with Gasteiger partial charge in [-0.1, -0.05) is 6.08 Å². The molecule has 1 saturated carbocycles. The Morgan fingerprint density at radius 3 is 2.90 bits per heavy atom. The molecule has 2 N–H and O–H groups in total. The molecule has 4 aliphatic rings. The maximum absolute atomic E-state index is 12.5. The number of allylic oxidation sites excluding steroid dienone is 6. The van der Waals surface area contributed by atoms with E-state index in [0.29, 0.717) is 19.1 Å². The lowest BCUT2D eigenvalue weighted by Crippen LogP contribution is -2.45. The first kappa shape index (κ1) is 13.0. The second-order valence-corrected chi connectivity index (χ2v) is 6.11. The summed E-state index contributed by atoms with van der Waals surface area (Å²) in [6.45, 7) is 1.41. The minimum atomic E-state index is -0.178. The van der Waals surface area contributed by atoms with E-state index in [0.717, 1.165) is 30.4 Å². The average molecular weight is 285 g/mol. The van der Waals surface area contributed by atoms with Gasteiger partial charge in [0.2, 0.25) is 0 Å². The number of fused-ring (bicyclic) bond motifs is 2. The van der Waals surface area contributed by atoms with Crippen molar-refractivity contribution in [3.05, 3.63) is 46.1 Å². The van der Waals surface area contributed by atoms with E-state index in [-0.39, 0.29) is 18.6 Å². The van der Waals surface area contributed by atoms with Gasteiger partial charge in [-0.15, -0.1) is 0 Å². The molecule has 0 radical (unpaired) electrons. The number of carbonyl (C=O) groups is 1. The molecule has 1 heterocycles. The standard InChI is InChI=1S/C17H19NO3/c19-9-16(10-3-5-21-6-4-10)18-17(20)13-2-1-12-14-7-11(14)8-15(12)13/h1-2,8,10,16,19H,3-7,9H2,(H,18,20)/t16-/m0/s1. The maximum Gasteiger partial charge on any atom is 0.252 e. The van der Waals surface area contributed by atoms with Gasteiger partial charge in [0.15, 0.2) is 0 Å². The molecule has 1 amide bonds. The molecule has 1 atom stereocenters.